The van der Waals surface area contributed by atoms with Gasteiger partial charge in [-0.25, -0.2) is 0 Å². The van der Waals surface area contributed by atoms with E-state index >= 15 is 0 Å². The minimum atomic E-state index is 0.0823. The van der Waals surface area contributed by atoms with E-state index in [0.29, 0.717) is 13.0 Å². The summed E-state index contributed by atoms with van der Waals surface area (Å²) in [4.78, 5) is 16.5. The van der Waals surface area contributed by atoms with E-state index in [1.54, 1.807) is 0 Å². The lowest BCUT2D eigenvalue weighted by Crippen LogP contribution is -2.43. The first-order valence-corrected chi connectivity index (χ1v) is 8.25. The maximum Gasteiger partial charge on any atom is 0.236 e. The predicted molar refractivity (Wildman–Crippen MR) is 88.5 cm³/mol. The molecular formula is C18H28N2O2. The number of likely N-dealkylation sites (tertiary alicyclic amines) is 1. The fraction of sp³-hybridized carbons (Fsp3) is 0.611. The molecule has 4 nitrogen and oxygen atoms in total. The standard InChI is InChI=1S/C18H28N2O2/c1-15-8-11-20(12-9-15)18(22)14-19(2)17(10-13-21)16-6-4-3-5-7-16/h3-7,15,17,21H,8-14H2,1-2H3. The largest absolute Gasteiger partial charge is 0.396 e. The van der Waals surface area contributed by atoms with Crippen molar-refractivity contribution in [2.75, 3.05) is 33.3 Å². The third kappa shape index (κ3) is 4.55. The average molecular weight is 304 g/mol. The van der Waals surface area contributed by atoms with Crippen molar-refractivity contribution in [2.24, 2.45) is 5.92 Å². The van der Waals surface area contributed by atoms with E-state index in [0.717, 1.165) is 37.4 Å². The number of aliphatic hydroxyl groups excluding tert-OH is 1. The highest BCUT2D eigenvalue weighted by Gasteiger charge is 2.24. The minimum Gasteiger partial charge on any atom is -0.396 e. The smallest absolute Gasteiger partial charge is 0.236 e. The van der Waals surface area contributed by atoms with Crippen LogP contribution in [-0.4, -0.2) is 54.1 Å². The van der Waals surface area contributed by atoms with Crippen molar-refractivity contribution in [3.8, 4) is 0 Å². The van der Waals surface area contributed by atoms with E-state index in [1.807, 2.05) is 30.1 Å². The number of likely N-dealkylation sites (N-methyl/N-ethyl adjacent to an activating group) is 1. The van der Waals surface area contributed by atoms with E-state index in [1.165, 1.54) is 0 Å². The molecule has 1 fully saturated rings. The molecule has 22 heavy (non-hydrogen) atoms. The summed E-state index contributed by atoms with van der Waals surface area (Å²) >= 11 is 0. The second-order valence-corrected chi connectivity index (χ2v) is 6.42. The van der Waals surface area contributed by atoms with Crippen LogP contribution in [0.15, 0.2) is 30.3 Å². The van der Waals surface area contributed by atoms with E-state index in [4.69, 9.17) is 0 Å². The van der Waals surface area contributed by atoms with Crippen LogP contribution in [0.5, 0.6) is 0 Å². The summed E-state index contributed by atoms with van der Waals surface area (Å²) in [5, 5.41) is 9.34. The van der Waals surface area contributed by atoms with Crippen LogP contribution < -0.4 is 0 Å². The van der Waals surface area contributed by atoms with Gasteiger partial charge in [0.2, 0.25) is 5.91 Å². The third-order valence-electron chi connectivity index (χ3n) is 4.64. The zero-order valence-electron chi connectivity index (χ0n) is 13.7. The highest BCUT2D eigenvalue weighted by atomic mass is 16.3. The van der Waals surface area contributed by atoms with Gasteiger partial charge in [0.05, 0.1) is 6.54 Å². The number of aliphatic hydroxyl groups is 1. The third-order valence-corrected chi connectivity index (χ3v) is 4.64. The number of hydrogen-bond acceptors (Lipinski definition) is 3. The van der Waals surface area contributed by atoms with Crippen LogP contribution in [0.4, 0.5) is 0 Å². The normalized spacial score (nSPS) is 17.7. The topological polar surface area (TPSA) is 43.8 Å². The molecule has 1 aliphatic rings. The number of nitrogens with zero attached hydrogens (tertiary/aromatic N) is 2. The molecule has 1 aromatic rings. The molecule has 0 saturated carbocycles. The molecule has 0 spiro atoms. The fourth-order valence-corrected chi connectivity index (χ4v) is 3.12. The lowest BCUT2D eigenvalue weighted by atomic mass is 9.99. The molecule has 2 rings (SSSR count). The Balaban J connectivity index is 1.96. The molecule has 0 radical (unpaired) electrons. The zero-order valence-corrected chi connectivity index (χ0v) is 13.7. The molecule has 1 aromatic carbocycles. The van der Waals surface area contributed by atoms with E-state index < -0.39 is 0 Å². The van der Waals surface area contributed by atoms with Crippen molar-refractivity contribution in [1.29, 1.82) is 0 Å². The highest BCUT2D eigenvalue weighted by Crippen LogP contribution is 2.23. The van der Waals surface area contributed by atoms with Gasteiger partial charge >= 0.3 is 0 Å². The summed E-state index contributed by atoms with van der Waals surface area (Å²) in [5.74, 6) is 0.932. The monoisotopic (exact) mass is 304 g/mol. The maximum absolute atomic E-state index is 12.5. The van der Waals surface area contributed by atoms with Crippen molar-refractivity contribution < 1.29 is 9.90 Å². The molecule has 122 valence electrons. The van der Waals surface area contributed by atoms with Gasteiger partial charge in [0.1, 0.15) is 0 Å². The Bertz CT molecular complexity index is 455. The quantitative estimate of drug-likeness (QED) is 0.877. The van der Waals surface area contributed by atoms with Crippen molar-refractivity contribution in [3.63, 3.8) is 0 Å². The lowest BCUT2D eigenvalue weighted by molar-refractivity contribution is -0.134. The van der Waals surface area contributed by atoms with Gasteiger partial charge < -0.3 is 10.0 Å². The Morgan fingerprint density at radius 3 is 2.55 bits per heavy atom. The number of piperidine rings is 1. The van der Waals surface area contributed by atoms with Crippen LogP contribution in [0.2, 0.25) is 0 Å². The Hall–Kier alpha value is -1.39. The fourth-order valence-electron chi connectivity index (χ4n) is 3.12. The predicted octanol–water partition coefficient (Wildman–Crippen LogP) is 2.30. The summed E-state index contributed by atoms with van der Waals surface area (Å²) in [6.45, 7) is 4.54. The second-order valence-electron chi connectivity index (χ2n) is 6.42. The molecule has 1 heterocycles. The first-order chi connectivity index (χ1) is 10.6. The van der Waals surface area contributed by atoms with Crippen molar-refractivity contribution in [2.45, 2.75) is 32.2 Å². The van der Waals surface area contributed by atoms with Gasteiger partial charge in [-0.15, -0.1) is 0 Å². The van der Waals surface area contributed by atoms with Crippen LogP contribution in [-0.2, 0) is 4.79 Å². The zero-order chi connectivity index (χ0) is 15.9. The van der Waals surface area contributed by atoms with E-state index in [9.17, 15) is 9.90 Å². The van der Waals surface area contributed by atoms with Gasteiger partial charge in [0.15, 0.2) is 0 Å². The molecule has 1 unspecified atom stereocenters. The minimum absolute atomic E-state index is 0.0823. The van der Waals surface area contributed by atoms with E-state index in [2.05, 4.69) is 24.0 Å². The molecule has 0 bridgehead atoms. The van der Waals surface area contributed by atoms with Gasteiger partial charge in [-0.2, -0.15) is 0 Å². The van der Waals surface area contributed by atoms with Crippen LogP contribution in [0.3, 0.4) is 0 Å². The van der Waals surface area contributed by atoms with Gasteiger partial charge in [0, 0.05) is 25.7 Å². The lowest BCUT2D eigenvalue weighted by Gasteiger charge is -2.33. The highest BCUT2D eigenvalue weighted by molar-refractivity contribution is 5.78. The Labute approximate surface area is 133 Å². The van der Waals surface area contributed by atoms with E-state index in [-0.39, 0.29) is 18.6 Å². The van der Waals surface area contributed by atoms with Crippen LogP contribution in [0.1, 0.15) is 37.8 Å². The van der Waals surface area contributed by atoms with Crippen molar-refractivity contribution in [3.05, 3.63) is 35.9 Å². The summed E-state index contributed by atoms with van der Waals surface area (Å²) < 4.78 is 0. The number of rotatable bonds is 6. The molecule has 1 N–H and O–H groups in total. The number of amides is 1. The first-order valence-electron chi connectivity index (χ1n) is 8.25. The number of benzene rings is 1. The summed E-state index contributed by atoms with van der Waals surface area (Å²) in [7, 11) is 1.97. The number of carbonyl (C=O) groups is 1. The van der Waals surface area contributed by atoms with Crippen LogP contribution in [0, 0.1) is 5.92 Å². The van der Waals surface area contributed by atoms with Crippen molar-refractivity contribution in [1.82, 2.24) is 9.80 Å². The molecular weight excluding hydrogens is 276 g/mol. The first kappa shape index (κ1) is 17.0. The number of hydrogen-bond donors (Lipinski definition) is 1. The molecule has 4 heteroatoms. The van der Waals surface area contributed by atoms with Gasteiger partial charge in [-0.05, 0) is 37.8 Å². The Kier molecular flexibility index (Phi) is 6.40. The van der Waals surface area contributed by atoms with Gasteiger partial charge in [-0.1, -0.05) is 37.3 Å². The second kappa shape index (κ2) is 8.30. The van der Waals surface area contributed by atoms with Crippen molar-refractivity contribution >= 4 is 5.91 Å². The van der Waals surface area contributed by atoms with Gasteiger partial charge in [0.25, 0.3) is 0 Å². The SMILES string of the molecule is CC1CCN(C(=O)CN(C)C(CCO)c2ccccc2)CC1. The maximum atomic E-state index is 12.5. The molecule has 1 aliphatic heterocycles. The molecule has 1 saturated heterocycles. The summed E-state index contributed by atoms with van der Waals surface area (Å²) in [6.07, 6.45) is 2.85. The Morgan fingerprint density at radius 1 is 1.32 bits per heavy atom. The van der Waals surface area contributed by atoms with Crippen LogP contribution >= 0.6 is 0 Å². The van der Waals surface area contributed by atoms with Gasteiger partial charge in [-0.3, -0.25) is 9.69 Å². The molecule has 0 aromatic heterocycles. The Morgan fingerprint density at radius 2 is 1.95 bits per heavy atom. The average Bonchev–Trinajstić information content (AvgIpc) is 2.53. The molecule has 1 amide bonds. The molecule has 0 aliphatic carbocycles. The van der Waals surface area contributed by atoms with Crippen LogP contribution in [0.25, 0.3) is 0 Å². The number of carbonyl (C=O) groups excluding carboxylic acids is 1. The summed E-state index contributed by atoms with van der Waals surface area (Å²) in [5.41, 5.74) is 1.15. The summed E-state index contributed by atoms with van der Waals surface area (Å²) in [6, 6.07) is 10.2. The molecule has 1 atom stereocenters.